The van der Waals surface area contributed by atoms with Crippen molar-refractivity contribution in [2.45, 2.75) is 44.8 Å². The van der Waals surface area contributed by atoms with Crippen LogP contribution in [0, 0.1) is 5.41 Å². The molecule has 25 heavy (non-hydrogen) atoms. The normalized spacial score (nSPS) is 25.3. The third kappa shape index (κ3) is 2.73. The van der Waals surface area contributed by atoms with Crippen LogP contribution in [-0.2, 0) is 16.0 Å². The van der Waals surface area contributed by atoms with E-state index in [1.165, 1.54) is 0 Å². The molecule has 6 heteroatoms. The number of likely N-dealkylation sites (tertiary alicyclic amines) is 1. The molecular formula is C19H25N3O3. The van der Waals surface area contributed by atoms with Gasteiger partial charge in [-0.3, -0.25) is 4.79 Å². The summed E-state index contributed by atoms with van der Waals surface area (Å²) in [5, 5.41) is 11.3. The number of H-pyrrole nitrogens is 1. The number of aliphatic hydroxyl groups excluding tert-OH is 1. The summed E-state index contributed by atoms with van der Waals surface area (Å²) in [6, 6.07) is 3.88. The van der Waals surface area contributed by atoms with Crippen LogP contribution in [0.3, 0.4) is 0 Å². The van der Waals surface area contributed by atoms with Crippen LogP contribution in [0.2, 0.25) is 0 Å². The first-order valence-electron chi connectivity index (χ1n) is 9.12. The lowest BCUT2D eigenvalue weighted by atomic mass is 9.58. The van der Waals surface area contributed by atoms with Crippen molar-refractivity contribution in [1.29, 1.82) is 0 Å². The highest BCUT2D eigenvalue weighted by Crippen LogP contribution is 2.50. The minimum Gasteiger partial charge on any atom is -0.392 e. The summed E-state index contributed by atoms with van der Waals surface area (Å²) < 4.78 is 5.80. The molecule has 1 saturated heterocycles. The zero-order valence-corrected chi connectivity index (χ0v) is 14.6. The number of carbonyl (C=O) groups is 1. The summed E-state index contributed by atoms with van der Waals surface area (Å²) in [6.45, 7) is 4.06. The van der Waals surface area contributed by atoms with Gasteiger partial charge in [0.15, 0.2) is 0 Å². The van der Waals surface area contributed by atoms with E-state index in [4.69, 9.17) is 4.74 Å². The van der Waals surface area contributed by atoms with Gasteiger partial charge in [0.1, 0.15) is 5.65 Å². The van der Waals surface area contributed by atoms with E-state index in [9.17, 15) is 9.90 Å². The average Bonchev–Trinajstić information content (AvgIpc) is 3.05. The highest BCUT2D eigenvalue weighted by Gasteiger charge is 2.56. The number of hydrogen-bond donors (Lipinski definition) is 2. The van der Waals surface area contributed by atoms with Crippen LogP contribution < -0.4 is 0 Å². The standard InChI is InChI=1S/C19H25N3O3/c1-2-25-16-11-15(23)19(16)5-8-22(9-6-19)17(24)10-13-12-21-18-14(13)4-3-7-20-18/h3-4,7,12,15-16,23H,2,5-6,8-11H2,1H3,(H,20,21)/t15-,16-/m1/s1. The summed E-state index contributed by atoms with van der Waals surface area (Å²) in [4.78, 5) is 22.0. The van der Waals surface area contributed by atoms with Crippen LogP contribution in [-0.4, -0.2) is 57.8 Å². The van der Waals surface area contributed by atoms with Crippen molar-refractivity contribution in [2.75, 3.05) is 19.7 Å². The second kappa shape index (κ2) is 6.42. The molecule has 3 heterocycles. The molecule has 1 aliphatic heterocycles. The Morgan fingerprint density at radius 1 is 1.48 bits per heavy atom. The second-order valence-corrected chi connectivity index (χ2v) is 7.20. The zero-order valence-electron chi connectivity index (χ0n) is 14.6. The van der Waals surface area contributed by atoms with Gasteiger partial charge < -0.3 is 19.7 Å². The molecule has 0 bridgehead atoms. The van der Waals surface area contributed by atoms with Gasteiger partial charge in [-0.1, -0.05) is 0 Å². The molecular weight excluding hydrogens is 318 g/mol. The van der Waals surface area contributed by atoms with Crippen molar-refractivity contribution in [1.82, 2.24) is 14.9 Å². The van der Waals surface area contributed by atoms with E-state index in [0.717, 1.165) is 35.9 Å². The fraction of sp³-hybridized carbons (Fsp3) is 0.579. The Hall–Kier alpha value is -1.92. The van der Waals surface area contributed by atoms with Gasteiger partial charge >= 0.3 is 0 Å². The molecule has 2 atom stereocenters. The summed E-state index contributed by atoms with van der Waals surface area (Å²) in [6.07, 6.45) is 6.22. The first-order valence-corrected chi connectivity index (χ1v) is 9.12. The summed E-state index contributed by atoms with van der Waals surface area (Å²) >= 11 is 0. The van der Waals surface area contributed by atoms with Gasteiger partial charge in [-0.25, -0.2) is 4.98 Å². The molecule has 2 aromatic rings. The molecule has 1 amide bonds. The van der Waals surface area contributed by atoms with Crippen LogP contribution in [0.1, 0.15) is 31.7 Å². The summed E-state index contributed by atoms with van der Waals surface area (Å²) in [5.41, 5.74) is 1.67. The van der Waals surface area contributed by atoms with E-state index in [1.54, 1.807) is 6.20 Å². The highest BCUT2D eigenvalue weighted by atomic mass is 16.5. The summed E-state index contributed by atoms with van der Waals surface area (Å²) in [5.74, 6) is 0.140. The number of hydrogen-bond acceptors (Lipinski definition) is 4. The fourth-order valence-corrected chi connectivity index (χ4v) is 4.42. The maximum atomic E-state index is 12.7. The number of nitrogens with one attached hydrogen (secondary N) is 1. The van der Waals surface area contributed by atoms with Crippen molar-refractivity contribution in [3.8, 4) is 0 Å². The number of ether oxygens (including phenoxy) is 1. The van der Waals surface area contributed by atoms with E-state index in [-0.39, 0.29) is 23.5 Å². The van der Waals surface area contributed by atoms with E-state index in [1.807, 2.05) is 30.2 Å². The number of aliphatic hydroxyl groups is 1. The molecule has 1 spiro atoms. The predicted molar refractivity (Wildman–Crippen MR) is 94.1 cm³/mol. The number of fused-ring (bicyclic) bond motifs is 1. The van der Waals surface area contributed by atoms with Gasteiger partial charge in [0, 0.05) is 49.3 Å². The number of aromatic nitrogens is 2. The van der Waals surface area contributed by atoms with Gasteiger partial charge in [-0.05, 0) is 37.5 Å². The molecule has 2 aromatic heterocycles. The molecule has 2 aliphatic rings. The molecule has 4 rings (SSSR count). The summed E-state index contributed by atoms with van der Waals surface area (Å²) in [7, 11) is 0. The third-order valence-electron chi connectivity index (χ3n) is 6.04. The maximum absolute atomic E-state index is 12.7. The van der Waals surface area contributed by atoms with E-state index in [0.29, 0.717) is 26.1 Å². The topological polar surface area (TPSA) is 78.5 Å². The Morgan fingerprint density at radius 2 is 2.28 bits per heavy atom. The average molecular weight is 343 g/mol. The number of nitrogens with zero attached hydrogens (tertiary/aromatic N) is 2. The van der Waals surface area contributed by atoms with Crippen molar-refractivity contribution in [3.63, 3.8) is 0 Å². The van der Waals surface area contributed by atoms with Crippen LogP contribution in [0.25, 0.3) is 11.0 Å². The SMILES string of the molecule is CCO[C@@H]1C[C@@H](O)C12CCN(C(=O)Cc1c[nH]c3ncccc13)CC2. The maximum Gasteiger partial charge on any atom is 0.227 e. The lowest BCUT2D eigenvalue weighted by Crippen LogP contribution is -2.62. The number of aromatic amines is 1. The van der Waals surface area contributed by atoms with Crippen molar-refractivity contribution >= 4 is 16.9 Å². The Kier molecular flexibility index (Phi) is 4.25. The Morgan fingerprint density at radius 3 is 3.00 bits per heavy atom. The van der Waals surface area contributed by atoms with E-state index >= 15 is 0 Å². The largest absolute Gasteiger partial charge is 0.392 e. The third-order valence-corrected chi connectivity index (χ3v) is 6.04. The van der Waals surface area contributed by atoms with Crippen molar-refractivity contribution in [3.05, 3.63) is 30.1 Å². The van der Waals surface area contributed by atoms with Crippen LogP contribution in [0.4, 0.5) is 0 Å². The number of piperidine rings is 1. The lowest BCUT2D eigenvalue weighted by Gasteiger charge is -2.56. The van der Waals surface area contributed by atoms with Gasteiger partial charge in [-0.15, -0.1) is 0 Å². The smallest absolute Gasteiger partial charge is 0.227 e. The monoisotopic (exact) mass is 343 g/mol. The van der Waals surface area contributed by atoms with Crippen molar-refractivity contribution < 1.29 is 14.6 Å². The van der Waals surface area contributed by atoms with Crippen LogP contribution in [0.5, 0.6) is 0 Å². The quantitative estimate of drug-likeness (QED) is 0.888. The molecule has 134 valence electrons. The Labute approximate surface area is 147 Å². The molecule has 0 aromatic carbocycles. The Bertz CT molecular complexity index is 762. The molecule has 6 nitrogen and oxygen atoms in total. The highest BCUT2D eigenvalue weighted by molar-refractivity contribution is 5.87. The molecule has 0 unspecified atom stereocenters. The minimum absolute atomic E-state index is 0.140. The van der Waals surface area contributed by atoms with Gasteiger partial charge in [0.2, 0.25) is 5.91 Å². The number of rotatable bonds is 4. The van der Waals surface area contributed by atoms with E-state index in [2.05, 4.69) is 9.97 Å². The number of amides is 1. The predicted octanol–water partition coefficient (Wildman–Crippen LogP) is 1.88. The van der Waals surface area contributed by atoms with Crippen LogP contribution >= 0.6 is 0 Å². The molecule has 1 aliphatic carbocycles. The van der Waals surface area contributed by atoms with Gasteiger partial charge in [0.25, 0.3) is 0 Å². The first-order chi connectivity index (χ1) is 12.1. The van der Waals surface area contributed by atoms with Gasteiger partial charge in [0.05, 0.1) is 18.6 Å². The number of pyridine rings is 1. The second-order valence-electron chi connectivity index (χ2n) is 7.20. The van der Waals surface area contributed by atoms with Crippen molar-refractivity contribution in [2.24, 2.45) is 5.41 Å². The molecule has 2 fully saturated rings. The first kappa shape index (κ1) is 16.5. The molecule has 2 N–H and O–H groups in total. The number of carbonyl (C=O) groups excluding carboxylic acids is 1. The molecule has 0 radical (unpaired) electrons. The zero-order chi connectivity index (χ0) is 17.4. The van der Waals surface area contributed by atoms with E-state index < -0.39 is 0 Å². The minimum atomic E-state index is -0.291. The molecule has 1 saturated carbocycles. The fourth-order valence-electron chi connectivity index (χ4n) is 4.42. The van der Waals surface area contributed by atoms with Crippen LogP contribution in [0.15, 0.2) is 24.5 Å². The Balaban J connectivity index is 1.40. The lowest BCUT2D eigenvalue weighted by molar-refractivity contribution is -0.210. The van der Waals surface area contributed by atoms with Gasteiger partial charge in [-0.2, -0.15) is 0 Å².